The van der Waals surface area contributed by atoms with Crippen molar-refractivity contribution >= 4 is 17.3 Å². The number of carboxylic acid groups (broad SMARTS) is 1. The van der Waals surface area contributed by atoms with E-state index in [-0.39, 0.29) is 22.1 Å². The van der Waals surface area contributed by atoms with Gasteiger partial charge < -0.3 is 10.4 Å². The molecule has 2 aromatic carbocycles. The van der Waals surface area contributed by atoms with Gasteiger partial charge in [0, 0.05) is 12.6 Å². The molecule has 0 unspecified atom stereocenters. The number of hydrogen-bond donors (Lipinski definition) is 2. The summed E-state index contributed by atoms with van der Waals surface area (Å²) in [6.45, 7) is 9.82. The second-order valence-corrected chi connectivity index (χ2v) is 10.7. The highest BCUT2D eigenvalue weighted by molar-refractivity contribution is 5.89. The van der Waals surface area contributed by atoms with E-state index in [0.29, 0.717) is 24.1 Å². The average Bonchev–Trinajstić information content (AvgIpc) is 2.77. The number of aromatic carboxylic acids is 1. The lowest BCUT2D eigenvalue weighted by Crippen LogP contribution is -2.51. The Morgan fingerprint density at radius 1 is 1.21 bits per heavy atom. The van der Waals surface area contributed by atoms with E-state index in [9.17, 15) is 20.0 Å². The van der Waals surface area contributed by atoms with Crippen LogP contribution in [0.25, 0.3) is 0 Å². The van der Waals surface area contributed by atoms with Crippen LogP contribution in [-0.4, -0.2) is 22.5 Å². The lowest BCUT2D eigenvalue weighted by molar-refractivity contribution is -0.384. The molecular weight excluding hydrogens is 416 g/mol. The van der Waals surface area contributed by atoms with E-state index >= 15 is 0 Å². The van der Waals surface area contributed by atoms with Crippen molar-refractivity contribution in [1.29, 1.82) is 0 Å². The molecule has 0 aromatic heterocycles. The minimum absolute atomic E-state index is 0.0131. The summed E-state index contributed by atoms with van der Waals surface area (Å²) in [7, 11) is 0. The summed E-state index contributed by atoms with van der Waals surface area (Å²) in [5, 5.41) is 24.1. The maximum absolute atomic E-state index is 11.6. The van der Waals surface area contributed by atoms with Gasteiger partial charge in [0.1, 0.15) is 5.69 Å². The van der Waals surface area contributed by atoms with Crippen molar-refractivity contribution in [3.05, 3.63) is 68.8 Å². The first-order valence-electron chi connectivity index (χ1n) is 11.9. The molecule has 2 aromatic rings. The van der Waals surface area contributed by atoms with E-state index in [1.54, 1.807) is 0 Å². The van der Waals surface area contributed by atoms with E-state index < -0.39 is 10.9 Å². The third kappa shape index (κ3) is 4.11. The van der Waals surface area contributed by atoms with Crippen LogP contribution in [0.15, 0.2) is 36.4 Å². The van der Waals surface area contributed by atoms with Gasteiger partial charge in [-0.3, -0.25) is 10.1 Å². The first-order valence-corrected chi connectivity index (χ1v) is 11.9. The Labute approximate surface area is 195 Å². The number of fused-ring (bicyclic) bond motifs is 3. The van der Waals surface area contributed by atoms with E-state index in [4.69, 9.17) is 0 Å². The second-order valence-electron chi connectivity index (χ2n) is 10.7. The maximum Gasteiger partial charge on any atom is 0.335 e. The van der Waals surface area contributed by atoms with Gasteiger partial charge in [0.05, 0.1) is 10.5 Å². The number of nitro benzene ring substituents is 1. The molecule has 2 aliphatic rings. The van der Waals surface area contributed by atoms with Gasteiger partial charge in [0.15, 0.2) is 0 Å². The van der Waals surface area contributed by atoms with Crippen LogP contribution in [0.4, 0.5) is 11.4 Å². The summed E-state index contributed by atoms with van der Waals surface area (Å²) >= 11 is 0. The van der Waals surface area contributed by atoms with Gasteiger partial charge in [-0.2, -0.15) is 0 Å². The van der Waals surface area contributed by atoms with Crippen molar-refractivity contribution in [2.75, 3.05) is 11.9 Å². The molecule has 0 bridgehead atoms. The van der Waals surface area contributed by atoms with E-state index in [2.05, 4.69) is 51.2 Å². The Kier molecular flexibility index (Phi) is 5.97. The minimum atomic E-state index is -1.17. The van der Waals surface area contributed by atoms with E-state index in [1.807, 2.05) is 0 Å². The summed E-state index contributed by atoms with van der Waals surface area (Å²) in [6, 6.07) is 11.1. The standard InChI is InChI=1S/C27H34N2O4/c1-17(2)18-6-9-21-19(14-18)8-11-24-26(3,12-5-13-27(21,24)4)16-28-22-10-7-20(25(30)31)15-23(22)29(32)33/h6-7,9-10,14-15,17,24,28H,5,8,11-13,16H2,1-4H3,(H,30,31)/t24-,26+,27+/m0/s1. The highest BCUT2D eigenvalue weighted by Gasteiger charge is 2.51. The van der Waals surface area contributed by atoms with E-state index in [0.717, 1.165) is 38.2 Å². The summed E-state index contributed by atoms with van der Waals surface area (Å²) < 4.78 is 0. The van der Waals surface area contributed by atoms with Crippen LogP contribution in [0.3, 0.4) is 0 Å². The SMILES string of the molecule is CC(C)c1ccc2c(c1)CC[C@H]1[C@@](C)(CNc3ccc(C(=O)O)cc3[N+](=O)[O-])CCC[C@]21C. The number of benzene rings is 2. The van der Waals surface area contributed by atoms with Crippen molar-refractivity contribution in [3.63, 3.8) is 0 Å². The van der Waals surface area contributed by atoms with Gasteiger partial charge in [-0.05, 0) is 77.2 Å². The molecule has 0 aliphatic heterocycles. The molecule has 4 rings (SSSR count). The first kappa shape index (κ1) is 23.3. The molecule has 0 heterocycles. The number of rotatable bonds is 6. The molecule has 0 radical (unpaired) electrons. The largest absolute Gasteiger partial charge is 0.478 e. The van der Waals surface area contributed by atoms with Gasteiger partial charge in [-0.25, -0.2) is 4.79 Å². The molecule has 6 nitrogen and oxygen atoms in total. The molecular formula is C27H34N2O4. The fourth-order valence-corrected chi connectivity index (χ4v) is 6.48. The molecule has 1 saturated carbocycles. The van der Waals surface area contributed by atoms with Gasteiger partial charge in [-0.15, -0.1) is 0 Å². The maximum atomic E-state index is 11.6. The van der Waals surface area contributed by atoms with Crippen molar-refractivity contribution in [2.24, 2.45) is 11.3 Å². The van der Waals surface area contributed by atoms with Crippen LogP contribution in [0, 0.1) is 21.4 Å². The Bertz CT molecular complexity index is 1100. The monoisotopic (exact) mass is 450 g/mol. The third-order valence-corrected chi connectivity index (χ3v) is 8.29. The third-order valence-electron chi connectivity index (χ3n) is 8.29. The second kappa shape index (κ2) is 8.47. The van der Waals surface area contributed by atoms with Crippen LogP contribution in [0.5, 0.6) is 0 Å². The Morgan fingerprint density at radius 3 is 2.64 bits per heavy atom. The Morgan fingerprint density at radius 2 is 1.97 bits per heavy atom. The zero-order chi connectivity index (χ0) is 24.0. The van der Waals surface area contributed by atoms with Crippen LogP contribution >= 0.6 is 0 Å². The number of aryl methyl sites for hydroxylation is 1. The lowest BCUT2D eigenvalue weighted by Gasteiger charge is -2.55. The minimum Gasteiger partial charge on any atom is -0.478 e. The summed E-state index contributed by atoms with van der Waals surface area (Å²) in [6.07, 6.45) is 5.54. The number of hydrogen-bond acceptors (Lipinski definition) is 4. The van der Waals surface area contributed by atoms with Gasteiger partial charge in [-0.1, -0.05) is 52.3 Å². The molecule has 2 aliphatic carbocycles. The van der Waals surface area contributed by atoms with Gasteiger partial charge >= 0.3 is 5.97 Å². The zero-order valence-corrected chi connectivity index (χ0v) is 20.0. The molecule has 176 valence electrons. The first-order chi connectivity index (χ1) is 15.5. The molecule has 0 amide bonds. The number of anilines is 1. The fraction of sp³-hybridized carbons (Fsp3) is 0.519. The van der Waals surface area contributed by atoms with Crippen LogP contribution < -0.4 is 5.32 Å². The quantitative estimate of drug-likeness (QED) is 0.385. The zero-order valence-electron chi connectivity index (χ0n) is 20.0. The number of nitrogens with zero attached hydrogens (tertiary/aromatic N) is 1. The summed E-state index contributed by atoms with van der Waals surface area (Å²) in [5.74, 6) is -0.174. The van der Waals surface area contributed by atoms with Crippen LogP contribution in [-0.2, 0) is 11.8 Å². The number of carboxylic acids is 1. The number of nitro groups is 1. The van der Waals surface area contributed by atoms with Crippen LogP contribution in [0.1, 0.15) is 86.3 Å². The van der Waals surface area contributed by atoms with Crippen molar-refractivity contribution in [1.82, 2.24) is 0 Å². The molecule has 0 spiro atoms. The predicted octanol–water partition coefficient (Wildman–Crippen LogP) is 6.54. The average molecular weight is 451 g/mol. The predicted molar refractivity (Wildman–Crippen MR) is 130 cm³/mol. The fourth-order valence-electron chi connectivity index (χ4n) is 6.48. The normalized spacial score (nSPS) is 26.4. The Hall–Kier alpha value is -2.89. The highest BCUT2D eigenvalue weighted by Crippen LogP contribution is 2.57. The van der Waals surface area contributed by atoms with Crippen LogP contribution in [0.2, 0.25) is 0 Å². The van der Waals surface area contributed by atoms with Crippen molar-refractivity contribution in [2.45, 2.75) is 71.1 Å². The van der Waals surface area contributed by atoms with Crippen molar-refractivity contribution < 1.29 is 14.8 Å². The summed E-state index contributed by atoms with van der Waals surface area (Å²) in [5.41, 5.74) is 4.56. The number of carbonyl (C=O) groups is 1. The topological polar surface area (TPSA) is 92.5 Å². The van der Waals surface area contributed by atoms with E-state index in [1.165, 1.54) is 28.8 Å². The molecule has 33 heavy (non-hydrogen) atoms. The molecule has 3 atom stereocenters. The molecule has 0 saturated heterocycles. The Balaban J connectivity index is 1.61. The lowest BCUT2D eigenvalue weighted by atomic mass is 9.49. The molecule has 2 N–H and O–H groups in total. The smallest absolute Gasteiger partial charge is 0.335 e. The summed E-state index contributed by atoms with van der Waals surface area (Å²) in [4.78, 5) is 22.3. The molecule has 6 heteroatoms. The highest BCUT2D eigenvalue weighted by atomic mass is 16.6. The van der Waals surface area contributed by atoms with Gasteiger partial charge in [0.25, 0.3) is 5.69 Å². The number of nitrogens with one attached hydrogen (secondary N) is 1. The van der Waals surface area contributed by atoms with Crippen molar-refractivity contribution in [3.8, 4) is 0 Å². The molecule has 1 fully saturated rings. The van der Waals surface area contributed by atoms with Gasteiger partial charge in [0.2, 0.25) is 0 Å².